The Morgan fingerprint density at radius 3 is 2.73 bits per heavy atom. The lowest BCUT2D eigenvalue weighted by Gasteiger charge is -2.21. The molecule has 0 saturated heterocycles. The lowest BCUT2D eigenvalue weighted by atomic mass is 9.89. The molecule has 0 spiro atoms. The number of nitrogens with one attached hydrogen (secondary N) is 2. The lowest BCUT2D eigenvalue weighted by molar-refractivity contribution is -0.117. The molecule has 0 aromatic rings. The quantitative estimate of drug-likeness (QED) is 0.383. The van der Waals surface area contributed by atoms with Crippen LogP contribution in [0.5, 0.6) is 0 Å². The second-order valence-electron chi connectivity index (χ2n) is 6.50. The highest BCUT2D eigenvalue weighted by Crippen LogP contribution is 2.37. The van der Waals surface area contributed by atoms with E-state index in [0.717, 1.165) is 12.0 Å². The smallest absolute Gasteiger partial charge is 0.265 e. The van der Waals surface area contributed by atoms with Crippen LogP contribution in [0.4, 0.5) is 0 Å². The molecule has 2 aliphatic carbocycles. The van der Waals surface area contributed by atoms with Crippen LogP contribution in [0, 0.1) is 5.92 Å². The van der Waals surface area contributed by atoms with Gasteiger partial charge in [-0.15, -0.1) is 0 Å². The Kier molecular flexibility index (Phi) is 5.06. The average molecular weight is 377 g/mol. The van der Waals surface area contributed by atoms with E-state index in [-0.39, 0.29) is 12.0 Å². The van der Waals surface area contributed by atoms with Crippen molar-refractivity contribution in [1.82, 2.24) is 10.1 Å². The zero-order chi connectivity index (χ0) is 18.9. The van der Waals surface area contributed by atoms with Gasteiger partial charge in [0, 0.05) is 12.1 Å². The number of carbonyl (C=O) groups is 1. The molecule has 1 unspecified atom stereocenters. The number of hydrogen-bond donors (Lipinski definition) is 3. The molecule has 3 rings (SSSR count). The molecule has 0 fully saturated rings. The van der Waals surface area contributed by atoms with Crippen molar-refractivity contribution in [2.24, 2.45) is 11.8 Å². The number of nitrogens with two attached hydrogens (primary N) is 1. The minimum atomic E-state index is -3.63. The largest absolute Gasteiger partial charge is 0.489 e. The van der Waals surface area contributed by atoms with Crippen LogP contribution in [0.3, 0.4) is 0 Å². The molecule has 0 aromatic heterocycles. The van der Waals surface area contributed by atoms with E-state index in [0.29, 0.717) is 34.8 Å². The molecule has 1 amide bonds. The van der Waals surface area contributed by atoms with Crippen LogP contribution in [0.1, 0.15) is 33.1 Å². The predicted octanol–water partition coefficient (Wildman–Crippen LogP) is 1.65. The maximum Gasteiger partial charge on any atom is 0.265 e. The van der Waals surface area contributed by atoms with E-state index in [1.165, 1.54) is 0 Å². The molecular weight excluding hydrogens is 354 g/mol. The molecule has 8 heteroatoms. The van der Waals surface area contributed by atoms with Crippen molar-refractivity contribution in [3.05, 3.63) is 57.9 Å². The topological polar surface area (TPSA) is 111 Å². The first-order valence-corrected chi connectivity index (χ1v) is 10.0. The number of sulfonamides is 1. The summed E-state index contributed by atoms with van der Waals surface area (Å²) in [6.07, 6.45) is 10.0. The Labute approximate surface area is 153 Å². The number of hydrogen-bond acceptors (Lipinski definition) is 5. The molecule has 2 atom stereocenters. The van der Waals surface area contributed by atoms with E-state index < -0.39 is 15.9 Å². The van der Waals surface area contributed by atoms with Gasteiger partial charge in [-0.3, -0.25) is 14.9 Å². The number of hydrazine groups is 1. The van der Waals surface area contributed by atoms with Crippen molar-refractivity contribution in [1.29, 1.82) is 0 Å². The van der Waals surface area contributed by atoms with Gasteiger partial charge in [0.25, 0.3) is 15.9 Å². The number of ether oxygens (including phenoxy) is 1. The van der Waals surface area contributed by atoms with Crippen molar-refractivity contribution < 1.29 is 17.9 Å². The van der Waals surface area contributed by atoms with Crippen molar-refractivity contribution in [2.75, 3.05) is 0 Å². The van der Waals surface area contributed by atoms with Crippen LogP contribution in [0.15, 0.2) is 57.9 Å². The molecule has 1 aliphatic heterocycles. The Bertz CT molecular complexity index is 878. The van der Waals surface area contributed by atoms with Crippen molar-refractivity contribution >= 4 is 15.9 Å². The Morgan fingerprint density at radius 2 is 2.12 bits per heavy atom. The van der Waals surface area contributed by atoms with Gasteiger partial charge in [-0.25, -0.2) is 14.3 Å². The van der Waals surface area contributed by atoms with Gasteiger partial charge in [-0.1, -0.05) is 18.6 Å². The van der Waals surface area contributed by atoms with E-state index in [1.807, 2.05) is 19.9 Å². The number of rotatable bonds is 5. The summed E-state index contributed by atoms with van der Waals surface area (Å²) in [4.78, 5) is 12.5. The van der Waals surface area contributed by atoms with E-state index in [4.69, 9.17) is 10.6 Å². The van der Waals surface area contributed by atoms with Crippen LogP contribution in [-0.4, -0.2) is 20.4 Å². The van der Waals surface area contributed by atoms with Gasteiger partial charge in [-0.05, 0) is 44.1 Å². The fourth-order valence-electron chi connectivity index (χ4n) is 3.30. The number of allylic oxidation sites excluding steroid dienone is 6. The predicted molar refractivity (Wildman–Crippen MR) is 98.4 cm³/mol. The highest BCUT2D eigenvalue weighted by molar-refractivity contribution is 7.93. The molecule has 4 N–H and O–H groups in total. The second kappa shape index (κ2) is 7.13. The molecular formula is C18H23N3O4S. The highest BCUT2D eigenvalue weighted by Gasteiger charge is 2.38. The van der Waals surface area contributed by atoms with Gasteiger partial charge >= 0.3 is 0 Å². The molecule has 0 radical (unpaired) electrons. The second-order valence-corrected chi connectivity index (χ2v) is 8.24. The third-order valence-electron chi connectivity index (χ3n) is 4.70. The number of fused-ring (bicyclic) bond motifs is 1. The van der Waals surface area contributed by atoms with Gasteiger partial charge in [0.05, 0.1) is 16.4 Å². The number of amides is 1. The highest BCUT2D eigenvalue weighted by atomic mass is 32.2. The third-order valence-corrected chi connectivity index (χ3v) is 6.24. The van der Waals surface area contributed by atoms with Gasteiger partial charge in [-0.2, -0.15) is 0 Å². The van der Waals surface area contributed by atoms with Gasteiger partial charge in [0.2, 0.25) is 0 Å². The fourth-order valence-corrected chi connectivity index (χ4v) is 4.50. The Hall–Kier alpha value is -2.32. The first kappa shape index (κ1) is 18.5. The fraction of sp³-hybridized carbons (Fsp3) is 0.389. The molecule has 140 valence electrons. The average Bonchev–Trinajstić information content (AvgIpc) is 2.99. The summed E-state index contributed by atoms with van der Waals surface area (Å²) in [6.45, 7) is 3.86. The molecule has 0 aromatic carbocycles. The van der Waals surface area contributed by atoms with Crippen LogP contribution < -0.4 is 16.0 Å². The van der Waals surface area contributed by atoms with Crippen molar-refractivity contribution in [3.8, 4) is 0 Å². The monoisotopic (exact) mass is 377 g/mol. The molecule has 0 bridgehead atoms. The Morgan fingerprint density at radius 1 is 1.35 bits per heavy atom. The molecule has 3 aliphatic rings. The van der Waals surface area contributed by atoms with E-state index in [1.54, 1.807) is 24.3 Å². The van der Waals surface area contributed by atoms with E-state index >= 15 is 0 Å². The Balaban J connectivity index is 1.85. The van der Waals surface area contributed by atoms with E-state index in [2.05, 4.69) is 10.1 Å². The first-order chi connectivity index (χ1) is 12.4. The van der Waals surface area contributed by atoms with Gasteiger partial charge in [0.1, 0.15) is 11.9 Å². The summed E-state index contributed by atoms with van der Waals surface area (Å²) in [5.41, 5.74) is 4.15. The summed E-state index contributed by atoms with van der Waals surface area (Å²) < 4.78 is 33.6. The molecule has 7 nitrogen and oxygen atoms in total. The minimum absolute atomic E-state index is 0.329. The summed E-state index contributed by atoms with van der Waals surface area (Å²) in [6, 6.07) is 0. The van der Waals surface area contributed by atoms with Gasteiger partial charge < -0.3 is 4.74 Å². The van der Waals surface area contributed by atoms with Crippen LogP contribution in [0.2, 0.25) is 0 Å². The van der Waals surface area contributed by atoms with Crippen LogP contribution in [-0.2, 0) is 19.6 Å². The maximum atomic E-state index is 12.6. The normalized spacial score (nSPS) is 25.0. The number of carbonyl (C=O) groups excluding carboxylic acids is 1. The zero-order valence-corrected chi connectivity index (χ0v) is 15.6. The SMILES string of the molecule is CCC1=C(C(=O)NN)[C@@H]2C=C(NS(=O)(=O)C3=CC=C(C)CC3)C=CC2O1. The summed E-state index contributed by atoms with van der Waals surface area (Å²) in [5, 5.41) is 0. The van der Waals surface area contributed by atoms with Crippen molar-refractivity contribution in [3.63, 3.8) is 0 Å². The summed E-state index contributed by atoms with van der Waals surface area (Å²) in [7, 11) is -3.63. The molecule has 0 saturated carbocycles. The zero-order valence-electron chi connectivity index (χ0n) is 14.8. The van der Waals surface area contributed by atoms with E-state index in [9.17, 15) is 13.2 Å². The first-order valence-electron chi connectivity index (χ1n) is 8.55. The molecule has 1 heterocycles. The maximum absolute atomic E-state index is 12.6. The lowest BCUT2D eigenvalue weighted by Crippen LogP contribution is -2.35. The molecule has 26 heavy (non-hydrogen) atoms. The van der Waals surface area contributed by atoms with Gasteiger partial charge in [0.15, 0.2) is 0 Å². The van der Waals surface area contributed by atoms with Crippen molar-refractivity contribution in [2.45, 2.75) is 39.2 Å². The standard InChI is InChI=1S/C18H23N3O4S/c1-3-15-17(18(22)20-19)14-10-12(6-9-16(14)25-15)21-26(23,24)13-7-4-11(2)5-8-13/h4,6-7,9-10,14,16,21H,3,5,8,19H2,1-2H3,(H,20,22)/t14-,16?/m1/s1. The van der Waals surface area contributed by atoms with Crippen LogP contribution in [0.25, 0.3) is 0 Å². The summed E-state index contributed by atoms with van der Waals surface area (Å²) in [5.74, 6) is 5.06. The van der Waals surface area contributed by atoms with Crippen LogP contribution >= 0.6 is 0 Å². The minimum Gasteiger partial charge on any atom is -0.489 e. The third kappa shape index (κ3) is 3.47. The summed E-state index contributed by atoms with van der Waals surface area (Å²) >= 11 is 0.